The number of anilines is 2. The zero-order valence-corrected chi connectivity index (χ0v) is 13.3. The highest BCUT2D eigenvalue weighted by Crippen LogP contribution is 2.30. The first-order valence-corrected chi connectivity index (χ1v) is 8.46. The first-order chi connectivity index (χ1) is 10.1. The predicted octanol–water partition coefficient (Wildman–Crippen LogP) is 1.15. The summed E-state index contributed by atoms with van der Waals surface area (Å²) >= 11 is 1.42. The molecule has 0 aromatic carbocycles. The van der Waals surface area contributed by atoms with E-state index in [1.807, 2.05) is 0 Å². The zero-order valence-electron chi connectivity index (χ0n) is 12.5. The van der Waals surface area contributed by atoms with Crippen molar-refractivity contribution in [1.29, 1.82) is 0 Å². The summed E-state index contributed by atoms with van der Waals surface area (Å²) in [7, 11) is 2.11. The molecule has 0 bridgehead atoms. The number of likely N-dealkylation sites (tertiary alicyclic amines) is 1. The van der Waals surface area contributed by atoms with Crippen molar-refractivity contribution in [2.75, 3.05) is 43.9 Å². The van der Waals surface area contributed by atoms with Crippen LogP contribution in [-0.4, -0.2) is 55.1 Å². The van der Waals surface area contributed by atoms with Gasteiger partial charge in [0.25, 0.3) is 5.91 Å². The molecule has 0 radical (unpaired) electrons. The largest absolute Gasteiger partial charge is 0.382 e. The highest BCUT2D eigenvalue weighted by molar-refractivity contribution is 7.18. The summed E-state index contributed by atoms with van der Waals surface area (Å²) in [6.45, 7) is 4.09. The fourth-order valence-electron chi connectivity index (χ4n) is 2.93. The Morgan fingerprint density at radius 3 is 2.62 bits per heavy atom. The smallest absolute Gasteiger partial charge is 0.265 e. The Hall–Kier alpha value is -1.34. The molecule has 3 N–H and O–H groups in total. The molecule has 2 saturated heterocycles. The van der Waals surface area contributed by atoms with Gasteiger partial charge in [0.2, 0.25) is 0 Å². The topological polar surface area (TPSA) is 74.5 Å². The van der Waals surface area contributed by atoms with E-state index in [0.717, 1.165) is 44.2 Å². The van der Waals surface area contributed by atoms with Crippen LogP contribution in [0.15, 0.2) is 0 Å². The van der Waals surface area contributed by atoms with E-state index in [-0.39, 0.29) is 11.9 Å². The van der Waals surface area contributed by atoms with Crippen molar-refractivity contribution in [3.63, 3.8) is 0 Å². The average Bonchev–Trinajstić information content (AvgIpc) is 3.10. The summed E-state index contributed by atoms with van der Waals surface area (Å²) in [6.07, 6.45) is 4.38. The summed E-state index contributed by atoms with van der Waals surface area (Å²) in [5.41, 5.74) is 5.94. The zero-order chi connectivity index (χ0) is 14.8. The van der Waals surface area contributed by atoms with Crippen molar-refractivity contribution < 1.29 is 4.79 Å². The minimum atomic E-state index is -0.0648. The maximum absolute atomic E-state index is 12.4. The number of nitrogens with two attached hydrogens (primary N) is 1. The number of nitrogen functional groups attached to an aromatic ring is 1. The molecule has 0 spiro atoms. The van der Waals surface area contributed by atoms with Crippen LogP contribution in [0, 0.1) is 0 Å². The molecule has 6 nitrogen and oxygen atoms in total. The van der Waals surface area contributed by atoms with E-state index in [0.29, 0.717) is 10.7 Å². The van der Waals surface area contributed by atoms with Crippen molar-refractivity contribution in [2.24, 2.45) is 0 Å². The molecule has 0 aliphatic carbocycles. The Balaban J connectivity index is 1.64. The quantitative estimate of drug-likeness (QED) is 0.876. The van der Waals surface area contributed by atoms with Crippen LogP contribution >= 0.6 is 11.3 Å². The minimum absolute atomic E-state index is 0.0648. The second-order valence-corrected chi connectivity index (χ2v) is 6.93. The van der Waals surface area contributed by atoms with Crippen LogP contribution in [-0.2, 0) is 0 Å². The number of rotatable bonds is 3. The van der Waals surface area contributed by atoms with E-state index >= 15 is 0 Å². The van der Waals surface area contributed by atoms with E-state index in [1.54, 1.807) is 0 Å². The molecule has 21 heavy (non-hydrogen) atoms. The fourth-order valence-corrected chi connectivity index (χ4v) is 3.87. The lowest BCUT2D eigenvalue weighted by Gasteiger charge is -2.29. The summed E-state index contributed by atoms with van der Waals surface area (Å²) in [5, 5.41) is 3.99. The maximum atomic E-state index is 12.4. The van der Waals surface area contributed by atoms with Gasteiger partial charge >= 0.3 is 0 Å². The van der Waals surface area contributed by atoms with Gasteiger partial charge in [0.1, 0.15) is 10.7 Å². The van der Waals surface area contributed by atoms with E-state index in [2.05, 4.69) is 27.1 Å². The van der Waals surface area contributed by atoms with Gasteiger partial charge in [0.15, 0.2) is 5.13 Å². The molecule has 116 valence electrons. The van der Waals surface area contributed by atoms with Crippen molar-refractivity contribution in [3.8, 4) is 0 Å². The predicted molar refractivity (Wildman–Crippen MR) is 86.0 cm³/mol. The number of thiazole rings is 1. The van der Waals surface area contributed by atoms with E-state index in [4.69, 9.17) is 5.73 Å². The van der Waals surface area contributed by atoms with Gasteiger partial charge in [-0.1, -0.05) is 11.3 Å². The van der Waals surface area contributed by atoms with Gasteiger partial charge in [-0.05, 0) is 45.8 Å². The van der Waals surface area contributed by atoms with Crippen LogP contribution in [0.25, 0.3) is 0 Å². The van der Waals surface area contributed by atoms with Crippen molar-refractivity contribution in [2.45, 2.75) is 31.7 Å². The van der Waals surface area contributed by atoms with E-state index < -0.39 is 0 Å². The van der Waals surface area contributed by atoms with Crippen LogP contribution in [0.1, 0.15) is 35.4 Å². The third-order valence-corrected chi connectivity index (χ3v) is 5.41. The SMILES string of the molecule is CN1CCC(NC(=O)c2sc(N3CCCC3)nc2N)CC1. The van der Waals surface area contributed by atoms with Gasteiger partial charge in [-0.3, -0.25) is 4.79 Å². The molecule has 0 unspecified atom stereocenters. The summed E-state index contributed by atoms with van der Waals surface area (Å²) in [5.74, 6) is 0.303. The Morgan fingerprint density at radius 2 is 1.95 bits per heavy atom. The van der Waals surface area contributed by atoms with E-state index in [9.17, 15) is 4.79 Å². The molecule has 3 rings (SSSR count). The maximum Gasteiger partial charge on any atom is 0.265 e. The molecule has 0 saturated carbocycles. The van der Waals surface area contributed by atoms with Crippen LogP contribution in [0.3, 0.4) is 0 Å². The molecule has 3 heterocycles. The average molecular weight is 309 g/mol. The fraction of sp³-hybridized carbons (Fsp3) is 0.714. The first-order valence-electron chi connectivity index (χ1n) is 7.64. The molecule has 2 fully saturated rings. The van der Waals surface area contributed by atoms with Crippen molar-refractivity contribution >= 4 is 28.2 Å². The van der Waals surface area contributed by atoms with Gasteiger partial charge in [-0.2, -0.15) is 0 Å². The first kappa shape index (κ1) is 14.6. The highest BCUT2D eigenvalue weighted by Gasteiger charge is 2.24. The standard InChI is InChI=1S/C14H23N5OS/c1-18-8-4-10(5-9-18)16-13(20)11-12(15)17-14(21-11)19-6-2-3-7-19/h10H,2-9,15H2,1H3,(H,16,20). The summed E-state index contributed by atoms with van der Waals surface area (Å²) < 4.78 is 0. The van der Waals surface area contributed by atoms with E-state index in [1.165, 1.54) is 24.2 Å². The number of carbonyl (C=O) groups excluding carboxylic acids is 1. The molecule has 2 aliphatic heterocycles. The Morgan fingerprint density at radius 1 is 1.29 bits per heavy atom. The second-order valence-electron chi connectivity index (χ2n) is 5.96. The highest BCUT2D eigenvalue weighted by atomic mass is 32.1. The molecule has 0 atom stereocenters. The number of amides is 1. The van der Waals surface area contributed by atoms with Crippen LogP contribution in [0.5, 0.6) is 0 Å². The molecule has 1 aromatic heterocycles. The van der Waals surface area contributed by atoms with Crippen LogP contribution in [0.4, 0.5) is 10.9 Å². The number of aromatic nitrogens is 1. The molecule has 2 aliphatic rings. The minimum Gasteiger partial charge on any atom is -0.382 e. The van der Waals surface area contributed by atoms with Crippen molar-refractivity contribution in [1.82, 2.24) is 15.2 Å². The van der Waals surface area contributed by atoms with Gasteiger partial charge in [0.05, 0.1) is 0 Å². The molecular formula is C14H23N5OS. The Kier molecular flexibility index (Phi) is 4.30. The van der Waals surface area contributed by atoms with Crippen LogP contribution in [0.2, 0.25) is 0 Å². The molecular weight excluding hydrogens is 286 g/mol. The van der Waals surface area contributed by atoms with Crippen molar-refractivity contribution in [3.05, 3.63) is 4.88 Å². The number of hydrogen-bond donors (Lipinski definition) is 2. The number of hydrogen-bond acceptors (Lipinski definition) is 6. The van der Waals surface area contributed by atoms with Gasteiger partial charge in [-0.25, -0.2) is 4.98 Å². The van der Waals surface area contributed by atoms with Gasteiger partial charge in [-0.15, -0.1) is 0 Å². The summed E-state index contributed by atoms with van der Waals surface area (Å²) in [4.78, 5) is 21.8. The Bertz CT molecular complexity index is 503. The summed E-state index contributed by atoms with van der Waals surface area (Å²) in [6, 6.07) is 0.255. The molecule has 1 aromatic rings. The van der Waals surface area contributed by atoms with Gasteiger partial charge in [0, 0.05) is 19.1 Å². The lowest BCUT2D eigenvalue weighted by atomic mass is 10.1. The number of nitrogens with zero attached hydrogens (tertiary/aromatic N) is 3. The van der Waals surface area contributed by atoms with Crippen LogP contribution < -0.4 is 16.0 Å². The number of piperidine rings is 1. The Labute approximate surface area is 129 Å². The lowest BCUT2D eigenvalue weighted by molar-refractivity contribution is 0.0921. The molecule has 7 heteroatoms. The van der Waals surface area contributed by atoms with Gasteiger partial charge < -0.3 is 20.9 Å². The number of nitrogens with one attached hydrogen (secondary N) is 1. The normalized spacial score (nSPS) is 20.9. The second kappa shape index (κ2) is 6.19. The molecule has 1 amide bonds. The monoisotopic (exact) mass is 309 g/mol. The third-order valence-electron chi connectivity index (χ3n) is 4.28. The lowest BCUT2D eigenvalue weighted by Crippen LogP contribution is -2.43. The third kappa shape index (κ3) is 3.29. The number of carbonyl (C=O) groups is 1.